The number of hydrogen-bond donors (Lipinski definition) is 1. The van der Waals surface area contributed by atoms with Crippen LogP contribution in [0, 0.1) is 0 Å². The Morgan fingerprint density at radius 1 is 1.03 bits per heavy atom. The number of benzene rings is 3. The predicted octanol–water partition coefficient (Wildman–Crippen LogP) is 5.18. The van der Waals surface area contributed by atoms with E-state index in [9.17, 15) is 22.8 Å². The van der Waals surface area contributed by atoms with Crippen LogP contribution in [-0.4, -0.2) is 35.4 Å². The zero-order chi connectivity index (χ0) is 25.9. The lowest BCUT2D eigenvalue weighted by molar-refractivity contribution is -0.143. The number of nitrogens with zero attached hydrogens (tertiary/aromatic N) is 2. The van der Waals surface area contributed by atoms with Gasteiger partial charge in [-0.3, -0.25) is 4.79 Å². The maximum Gasteiger partial charge on any atom is 0.434 e. The second kappa shape index (κ2) is 10.3. The fourth-order valence-electron chi connectivity index (χ4n) is 3.52. The van der Waals surface area contributed by atoms with Crippen LogP contribution < -0.4 is 10.1 Å². The average Bonchev–Trinajstić information content (AvgIpc) is 3.32. The molecular weight excluding hydrogens is 499 g/mol. The minimum absolute atomic E-state index is 0.00120. The van der Waals surface area contributed by atoms with Gasteiger partial charge in [0.15, 0.2) is 12.3 Å². The van der Waals surface area contributed by atoms with Crippen molar-refractivity contribution in [3.63, 3.8) is 0 Å². The van der Waals surface area contributed by atoms with Gasteiger partial charge in [0.25, 0.3) is 5.91 Å². The number of carbonyl (C=O) groups is 2. The summed E-state index contributed by atoms with van der Waals surface area (Å²) in [6, 6.07) is 16.1. The van der Waals surface area contributed by atoms with Crippen LogP contribution in [0.2, 0.25) is 5.02 Å². The normalized spacial score (nSPS) is 11.4. The zero-order valence-corrected chi connectivity index (χ0v) is 19.6. The maximum atomic E-state index is 13.9. The van der Waals surface area contributed by atoms with Gasteiger partial charge < -0.3 is 14.8 Å². The molecule has 1 amide bonds. The van der Waals surface area contributed by atoms with Crippen LogP contribution in [0.3, 0.4) is 0 Å². The molecule has 4 aromatic rings. The molecular formula is C25H19ClF3N3O4. The molecule has 1 heterocycles. The van der Waals surface area contributed by atoms with E-state index in [-0.39, 0.29) is 18.8 Å². The lowest BCUT2D eigenvalue weighted by Gasteiger charge is -2.13. The lowest BCUT2D eigenvalue weighted by Crippen LogP contribution is -2.26. The van der Waals surface area contributed by atoms with E-state index in [1.165, 1.54) is 31.4 Å². The molecule has 11 heteroatoms. The molecule has 186 valence electrons. The lowest BCUT2D eigenvalue weighted by atomic mass is 10.1. The van der Waals surface area contributed by atoms with E-state index in [1.807, 2.05) is 0 Å². The first-order chi connectivity index (χ1) is 17.2. The highest BCUT2D eigenvalue weighted by Crippen LogP contribution is 2.34. The van der Waals surface area contributed by atoms with Gasteiger partial charge in [0.1, 0.15) is 5.75 Å². The number of methoxy groups -OCH3 is 1. The summed E-state index contributed by atoms with van der Waals surface area (Å²) in [5.41, 5.74) is -0.973. The van der Waals surface area contributed by atoms with Gasteiger partial charge in [-0.1, -0.05) is 29.8 Å². The van der Waals surface area contributed by atoms with Crippen LogP contribution >= 0.6 is 11.6 Å². The Bertz CT molecular complexity index is 1420. The molecule has 0 saturated heterocycles. The molecule has 0 fully saturated rings. The Morgan fingerprint density at radius 3 is 2.42 bits per heavy atom. The van der Waals surface area contributed by atoms with E-state index in [0.29, 0.717) is 21.0 Å². The number of fused-ring (bicyclic) bond motifs is 1. The number of alkyl halides is 3. The number of esters is 1. The molecule has 1 N–H and O–H groups in total. The van der Waals surface area contributed by atoms with Crippen LogP contribution in [0.15, 0.2) is 66.9 Å². The van der Waals surface area contributed by atoms with Crippen LogP contribution in [0.1, 0.15) is 21.6 Å². The third-order valence-corrected chi connectivity index (χ3v) is 5.52. The Kier molecular flexibility index (Phi) is 7.16. The highest BCUT2D eigenvalue weighted by Gasteiger charge is 2.40. The standard InChI is InChI=1S/C25H19ClF3N3O4/c1-35-22(33)14-36-20-9-4-16-10-15(2-3-17(16)11-20)12-30-24(34)21-13-31-32(23(21)25(27,28)29)19-7-5-18(26)6-8-19/h2-11,13H,12,14H2,1H3,(H,30,34). The van der Waals surface area contributed by atoms with Crippen molar-refractivity contribution in [2.75, 3.05) is 13.7 Å². The Morgan fingerprint density at radius 2 is 1.72 bits per heavy atom. The quantitative estimate of drug-likeness (QED) is 0.342. The van der Waals surface area contributed by atoms with Crippen LogP contribution in [0.25, 0.3) is 16.5 Å². The first-order valence-corrected chi connectivity index (χ1v) is 10.9. The fourth-order valence-corrected chi connectivity index (χ4v) is 3.64. The van der Waals surface area contributed by atoms with Gasteiger partial charge in [-0.2, -0.15) is 18.3 Å². The molecule has 36 heavy (non-hydrogen) atoms. The zero-order valence-electron chi connectivity index (χ0n) is 18.8. The van der Waals surface area contributed by atoms with E-state index in [4.69, 9.17) is 16.3 Å². The number of nitrogens with one attached hydrogen (secondary N) is 1. The van der Waals surface area contributed by atoms with E-state index in [0.717, 1.165) is 17.0 Å². The molecule has 1 aromatic heterocycles. The molecule has 0 atom stereocenters. The minimum Gasteiger partial charge on any atom is -0.482 e. The van der Waals surface area contributed by atoms with Gasteiger partial charge in [0.05, 0.1) is 24.6 Å². The summed E-state index contributed by atoms with van der Waals surface area (Å²) >= 11 is 5.82. The second-order valence-corrected chi connectivity index (χ2v) is 8.12. The van der Waals surface area contributed by atoms with Crippen molar-refractivity contribution in [3.8, 4) is 11.4 Å². The molecule has 4 rings (SSSR count). The molecule has 3 aromatic carbocycles. The Labute approximate surface area is 208 Å². The largest absolute Gasteiger partial charge is 0.482 e. The van der Waals surface area contributed by atoms with Crippen molar-refractivity contribution in [1.82, 2.24) is 15.1 Å². The highest BCUT2D eigenvalue weighted by molar-refractivity contribution is 6.30. The number of aromatic nitrogens is 2. The van der Waals surface area contributed by atoms with Gasteiger partial charge in [0, 0.05) is 11.6 Å². The van der Waals surface area contributed by atoms with Gasteiger partial charge in [0.2, 0.25) is 0 Å². The third-order valence-electron chi connectivity index (χ3n) is 5.27. The summed E-state index contributed by atoms with van der Waals surface area (Å²) in [5.74, 6) is -0.936. The van der Waals surface area contributed by atoms with Gasteiger partial charge >= 0.3 is 12.1 Å². The first-order valence-electron chi connectivity index (χ1n) is 10.6. The number of amides is 1. The number of hydrogen-bond acceptors (Lipinski definition) is 5. The van der Waals surface area contributed by atoms with Gasteiger partial charge in [-0.05, 0) is 58.8 Å². The molecule has 0 aliphatic heterocycles. The summed E-state index contributed by atoms with van der Waals surface area (Å²) in [6.45, 7) is -0.223. The second-order valence-electron chi connectivity index (χ2n) is 7.68. The van der Waals surface area contributed by atoms with Crippen LogP contribution in [0.4, 0.5) is 13.2 Å². The number of ether oxygens (including phenoxy) is 2. The molecule has 0 unspecified atom stereocenters. The molecule has 7 nitrogen and oxygen atoms in total. The van der Waals surface area contributed by atoms with Gasteiger partial charge in [-0.15, -0.1) is 0 Å². The van der Waals surface area contributed by atoms with E-state index < -0.39 is 29.3 Å². The van der Waals surface area contributed by atoms with Crippen molar-refractivity contribution in [2.24, 2.45) is 0 Å². The van der Waals surface area contributed by atoms with Crippen molar-refractivity contribution in [2.45, 2.75) is 12.7 Å². The first kappa shape index (κ1) is 25.1. The van der Waals surface area contributed by atoms with E-state index in [1.54, 1.807) is 36.4 Å². The van der Waals surface area contributed by atoms with E-state index >= 15 is 0 Å². The molecule has 0 aliphatic carbocycles. The summed E-state index contributed by atoms with van der Waals surface area (Å²) < 4.78 is 52.1. The van der Waals surface area contributed by atoms with Crippen LogP contribution in [-0.2, 0) is 22.3 Å². The number of rotatable bonds is 7. The van der Waals surface area contributed by atoms with E-state index in [2.05, 4.69) is 15.2 Å². The topological polar surface area (TPSA) is 82.4 Å². The van der Waals surface area contributed by atoms with Crippen molar-refractivity contribution >= 4 is 34.2 Å². The number of carbonyl (C=O) groups excluding carboxylic acids is 2. The molecule has 0 spiro atoms. The summed E-state index contributed by atoms with van der Waals surface area (Å²) in [4.78, 5) is 23.9. The molecule has 0 radical (unpaired) electrons. The highest BCUT2D eigenvalue weighted by atomic mass is 35.5. The summed E-state index contributed by atoms with van der Waals surface area (Å²) in [6.07, 6.45) is -3.93. The minimum atomic E-state index is -4.82. The summed E-state index contributed by atoms with van der Waals surface area (Å²) in [7, 11) is 1.27. The van der Waals surface area contributed by atoms with Crippen molar-refractivity contribution in [3.05, 3.63) is 88.7 Å². The third kappa shape index (κ3) is 5.60. The smallest absolute Gasteiger partial charge is 0.434 e. The number of halogens is 4. The SMILES string of the molecule is COC(=O)COc1ccc2cc(CNC(=O)c3cnn(-c4ccc(Cl)cc4)c3C(F)(F)F)ccc2c1. The predicted molar refractivity (Wildman–Crippen MR) is 126 cm³/mol. The maximum absolute atomic E-state index is 13.9. The van der Waals surface area contributed by atoms with Crippen molar-refractivity contribution < 1.29 is 32.2 Å². The fraction of sp³-hybridized carbons (Fsp3) is 0.160. The molecule has 0 saturated carbocycles. The molecule has 0 aliphatic rings. The van der Waals surface area contributed by atoms with Crippen LogP contribution in [0.5, 0.6) is 5.75 Å². The monoisotopic (exact) mass is 517 g/mol. The Hall–Kier alpha value is -4.05. The van der Waals surface area contributed by atoms with Gasteiger partial charge in [-0.25, -0.2) is 9.48 Å². The van der Waals surface area contributed by atoms with Crippen molar-refractivity contribution in [1.29, 1.82) is 0 Å². The molecule has 0 bridgehead atoms. The average molecular weight is 518 g/mol. The Balaban J connectivity index is 1.50. The summed E-state index contributed by atoms with van der Waals surface area (Å²) in [5, 5.41) is 8.31.